The zero-order valence-corrected chi connectivity index (χ0v) is 21.0. The van der Waals surface area contributed by atoms with Crippen molar-refractivity contribution in [2.24, 2.45) is 5.41 Å². The maximum absolute atomic E-state index is 11.4. The van der Waals surface area contributed by atoms with Crippen LogP contribution in [0.4, 0.5) is 0 Å². The van der Waals surface area contributed by atoms with Crippen LogP contribution in [-0.4, -0.2) is 58.9 Å². The van der Waals surface area contributed by atoms with Crippen LogP contribution < -0.4 is 0 Å². The van der Waals surface area contributed by atoms with Gasteiger partial charge >= 0.3 is 0 Å². The topological polar surface area (TPSA) is 87.1 Å². The van der Waals surface area contributed by atoms with Crippen LogP contribution in [-0.2, 0) is 14.3 Å². The van der Waals surface area contributed by atoms with E-state index in [9.17, 15) is 19.8 Å². The molecular weight excluding hydrogens is 680 g/mol. The maximum Gasteiger partial charge on any atom is 0.261 e. The van der Waals surface area contributed by atoms with E-state index >= 15 is 0 Å². The van der Waals surface area contributed by atoms with Gasteiger partial charge in [0.15, 0.2) is 12.2 Å². The molecule has 0 aliphatic carbocycles. The van der Waals surface area contributed by atoms with E-state index in [4.69, 9.17) is 4.74 Å². The third-order valence-electron chi connectivity index (χ3n) is 2.33. The average Bonchev–Trinajstić information content (AvgIpc) is 2.39. The van der Waals surface area contributed by atoms with Crippen molar-refractivity contribution in [3.05, 3.63) is 0 Å². The number of nitrogens with zero attached hydrogens (tertiary/aromatic N) is 1. The predicted molar refractivity (Wildman–Crippen MR) is 59.0 cm³/mol. The van der Waals surface area contributed by atoms with E-state index < -0.39 is 24.0 Å². The van der Waals surface area contributed by atoms with E-state index in [1.807, 2.05) is 20.8 Å². The molecule has 0 saturated carbocycles. The SMILES string of the molecule is CC(C)(C)COCCN1C(=O)[C@@H](O)[C@@H](O)C1=O.[Ac].[Ac]. The average molecular weight is 699 g/mol. The van der Waals surface area contributed by atoms with Gasteiger partial charge in [-0.2, -0.15) is 0 Å². The summed E-state index contributed by atoms with van der Waals surface area (Å²) in [5, 5.41) is 18.4. The summed E-state index contributed by atoms with van der Waals surface area (Å²) in [5.41, 5.74) is 0.0120. The van der Waals surface area contributed by atoms with E-state index in [-0.39, 0.29) is 107 Å². The van der Waals surface area contributed by atoms with Crippen molar-refractivity contribution in [1.29, 1.82) is 0 Å². The van der Waals surface area contributed by atoms with E-state index in [0.29, 0.717) is 6.61 Å². The van der Waals surface area contributed by atoms with E-state index in [2.05, 4.69) is 0 Å². The molecule has 1 aliphatic rings. The Labute approximate surface area is 184 Å². The molecule has 0 aromatic carbocycles. The molecule has 0 unspecified atom stereocenters. The molecule has 19 heavy (non-hydrogen) atoms. The number of aliphatic hydroxyl groups excluding tert-OH is 2. The Morgan fingerprint density at radius 2 is 1.53 bits per heavy atom. The maximum atomic E-state index is 11.4. The number of likely N-dealkylation sites (tertiary alicyclic amines) is 1. The van der Waals surface area contributed by atoms with Crippen molar-refractivity contribution in [2.75, 3.05) is 19.8 Å². The molecular formula is C11H19Ac2NO5. The van der Waals surface area contributed by atoms with Crippen LogP contribution in [0.3, 0.4) is 0 Å². The second-order valence-electron chi connectivity index (χ2n) is 5.33. The molecule has 6 nitrogen and oxygen atoms in total. The Hall–Kier alpha value is 1.90. The summed E-state index contributed by atoms with van der Waals surface area (Å²) in [6.45, 7) is 6.79. The van der Waals surface area contributed by atoms with Gasteiger partial charge in [0.1, 0.15) is 0 Å². The van der Waals surface area contributed by atoms with Crippen LogP contribution in [0.2, 0.25) is 0 Å². The van der Waals surface area contributed by atoms with E-state index in [1.54, 1.807) is 0 Å². The largest absolute Gasteiger partial charge is 0.380 e. The smallest absolute Gasteiger partial charge is 0.261 e. The second-order valence-corrected chi connectivity index (χ2v) is 5.33. The summed E-state index contributed by atoms with van der Waals surface area (Å²) >= 11 is 0. The number of carbonyl (C=O) groups excluding carboxylic acids is 2. The van der Waals surface area contributed by atoms with Crippen molar-refractivity contribution in [3.63, 3.8) is 0 Å². The van der Waals surface area contributed by atoms with Gasteiger partial charge in [-0.1, -0.05) is 20.8 Å². The third kappa shape index (κ3) is 7.13. The quantitative estimate of drug-likeness (QED) is 0.295. The van der Waals surface area contributed by atoms with Crippen LogP contribution in [0, 0.1) is 93.5 Å². The van der Waals surface area contributed by atoms with Crippen molar-refractivity contribution in [2.45, 2.75) is 33.0 Å². The fourth-order valence-corrected chi connectivity index (χ4v) is 1.45. The second kappa shape index (κ2) is 9.83. The molecule has 0 bridgehead atoms. The standard InChI is InChI=1S/C11H19NO5.2Ac/c1-11(2,3)6-17-5-4-12-9(15)7(13)8(14)10(12)16;;/h7-8,13-14H,4-6H2,1-3H3;;/t7-,8+;;. The first-order valence-electron chi connectivity index (χ1n) is 5.53. The molecule has 2 amide bonds. The van der Waals surface area contributed by atoms with Gasteiger partial charge in [0.25, 0.3) is 11.8 Å². The molecule has 1 aliphatic heterocycles. The first-order chi connectivity index (χ1) is 7.74. The minimum atomic E-state index is -1.63. The molecule has 0 aromatic rings. The summed E-state index contributed by atoms with van der Waals surface area (Å²) in [6, 6.07) is 0. The normalized spacial score (nSPS) is 23.1. The number of carbonyl (C=O) groups is 2. The molecule has 1 heterocycles. The Morgan fingerprint density at radius 1 is 1.11 bits per heavy atom. The Morgan fingerprint density at radius 3 is 1.89 bits per heavy atom. The number of hydrogen-bond acceptors (Lipinski definition) is 5. The van der Waals surface area contributed by atoms with Gasteiger partial charge in [0.05, 0.1) is 19.8 Å². The molecule has 2 radical (unpaired) electrons. The number of rotatable bonds is 4. The van der Waals surface area contributed by atoms with Gasteiger partial charge in [0.2, 0.25) is 0 Å². The van der Waals surface area contributed by atoms with Gasteiger partial charge < -0.3 is 14.9 Å². The van der Waals surface area contributed by atoms with Gasteiger partial charge in [-0.15, -0.1) is 0 Å². The van der Waals surface area contributed by atoms with Crippen molar-refractivity contribution in [3.8, 4) is 0 Å². The molecule has 2 atom stereocenters. The molecule has 1 rings (SSSR count). The summed E-state index contributed by atoms with van der Waals surface area (Å²) in [7, 11) is 0. The molecule has 8 heteroatoms. The van der Waals surface area contributed by atoms with Gasteiger partial charge in [-0.25, -0.2) is 0 Å². The zero-order valence-electron chi connectivity index (χ0n) is 11.5. The van der Waals surface area contributed by atoms with Crippen molar-refractivity contribution >= 4 is 11.8 Å². The van der Waals surface area contributed by atoms with Crippen molar-refractivity contribution in [1.82, 2.24) is 4.90 Å². The van der Waals surface area contributed by atoms with Crippen LogP contribution >= 0.6 is 0 Å². The Bertz CT molecular complexity index is 299. The molecule has 0 aromatic heterocycles. The molecule has 0 spiro atoms. The number of aliphatic hydroxyl groups is 2. The number of hydrogen-bond donors (Lipinski definition) is 2. The van der Waals surface area contributed by atoms with E-state index in [0.717, 1.165) is 4.90 Å². The van der Waals surface area contributed by atoms with Crippen LogP contribution in [0.25, 0.3) is 0 Å². The molecule has 104 valence electrons. The first kappa shape index (κ1) is 23.2. The fourth-order valence-electron chi connectivity index (χ4n) is 1.45. The Balaban J connectivity index is 0. The minimum Gasteiger partial charge on any atom is -0.380 e. The minimum absolute atomic E-state index is 0. The van der Waals surface area contributed by atoms with Gasteiger partial charge in [-0.05, 0) is 5.41 Å². The zero-order chi connectivity index (χ0) is 13.2. The van der Waals surface area contributed by atoms with E-state index in [1.165, 1.54) is 0 Å². The monoisotopic (exact) mass is 699 g/mol. The molecule has 1 saturated heterocycles. The van der Waals surface area contributed by atoms with Gasteiger partial charge in [-0.3, -0.25) is 14.5 Å². The summed E-state index contributed by atoms with van der Waals surface area (Å²) in [5.74, 6) is -1.52. The molecule has 2 N–H and O–H groups in total. The fraction of sp³-hybridized carbons (Fsp3) is 0.818. The first-order valence-corrected chi connectivity index (χ1v) is 5.53. The van der Waals surface area contributed by atoms with Crippen LogP contribution in [0.1, 0.15) is 20.8 Å². The summed E-state index contributed by atoms with van der Waals surface area (Å²) < 4.78 is 5.32. The number of ether oxygens (including phenoxy) is 1. The number of amides is 2. The Kier molecular flexibility index (Phi) is 12.0. The number of imide groups is 1. The summed E-state index contributed by atoms with van der Waals surface area (Å²) in [4.78, 5) is 23.5. The van der Waals surface area contributed by atoms with Crippen molar-refractivity contribution < 1.29 is 113 Å². The molecule has 1 fully saturated rings. The van der Waals surface area contributed by atoms with Crippen LogP contribution in [0.15, 0.2) is 0 Å². The summed E-state index contributed by atoms with van der Waals surface area (Å²) in [6.07, 6.45) is -3.27. The van der Waals surface area contributed by atoms with Crippen LogP contribution in [0.5, 0.6) is 0 Å². The third-order valence-corrected chi connectivity index (χ3v) is 2.33. The van der Waals surface area contributed by atoms with Gasteiger partial charge in [0, 0.05) is 88.1 Å². The predicted octanol–water partition coefficient (Wildman–Crippen LogP) is -0.860.